The number of H-pyrrole nitrogens is 1. The van der Waals surface area contributed by atoms with Gasteiger partial charge >= 0.3 is 5.69 Å². The van der Waals surface area contributed by atoms with E-state index in [0.717, 1.165) is 0 Å². The topological polar surface area (TPSA) is 93.5 Å². The maximum atomic E-state index is 11.6. The van der Waals surface area contributed by atoms with Crippen molar-refractivity contribution in [3.05, 3.63) is 33.1 Å². The average Bonchev–Trinajstić information content (AvgIpc) is 2.76. The number of aliphatic hydroxyl groups is 1. The average molecular weight is 280 g/mol. The molecule has 1 aromatic rings. The maximum Gasteiger partial charge on any atom is 0.330 e. The summed E-state index contributed by atoms with van der Waals surface area (Å²) in [6.45, 7) is 2.03. The third-order valence-corrected chi connectivity index (χ3v) is 2.93. The summed E-state index contributed by atoms with van der Waals surface area (Å²) >= 11 is 0. The normalized spacial score (nSPS) is 25.0. The number of nitrogens with one attached hydrogen (secondary N) is 1. The van der Waals surface area contributed by atoms with E-state index in [1.807, 2.05) is 6.92 Å². The summed E-state index contributed by atoms with van der Waals surface area (Å²) < 4.78 is 11.9. The van der Waals surface area contributed by atoms with Crippen molar-refractivity contribution in [2.24, 2.45) is 0 Å². The lowest BCUT2D eigenvalue weighted by Gasteiger charge is -2.14. The van der Waals surface area contributed by atoms with Crippen LogP contribution in [0, 0.1) is 12.0 Å². The molecule has 0 unspecified atom stereocenters. The maximum absolute atomic E-state index is 11.6. The summed E-state index contributed by atoms with van der Waals surface area (Å²) in [5, 5.41) is 9.88. The van der Waals surface area contributed by atoms with Gasteiger partial charge in [-0.2, -0.15) is 0 Å². The van der Waals surface area contributed by atoms with Crippen LogP contribution in [-0.4, -0.2) is 33.5 Å². The van der Waals surface area contributed by atoms with E-state index in [1.165, 1.54) is 16.8 Å². The van der Waals surface area contributed by atoms with E-state index in [9.17, 15) is 14.7 Å². The zero-order chi connectivity index (χ0) is 14.5. The Morgan fingerprint density at radius 2 is 2.40 bits per heavy atom. The first-order chi connectivity index (χ1) is 9.61. The van der Waals surface area contributed by atoms with Gasteiger partial charge in [0.25, 0.3) is 5.56 Å². The largest absolute Gasteiger partial charge is 0.444 e. The van der Waals surface area contributed by atoms with Crippen molar-refractivity contribution in [1.29, 1.82) is 0 Å². The zero-order valence-corrected chi connectivity index (χ0v) is 11.0. The second kappa shape index (κ2) is 6.41. The molecule has 0 aliphatic carbocycles. The van der Waals surface area contributed by atoms with Crippen LogP contribution in [0.3, 0.4) is 0 Å². The highest BCUT2D eigenvalue weighted by atomic mass is 16.6. The number of aliphatic hydroxyl groups excluding tert-OH is 1. The van der Waals surface area contributed by atoms with Gasteiger partial charge in [0, 0.05) is 25.1 Å². The first kappa shape index (κ1) is 14.4. The van der Waals surface area contributed by atoms with Gasteiger partial charge < -0.3 is 14.6 Å². The van der Waals surface area contributed by atoms with E-state index < -0.39 is 29.7 Å². The predicted molar refractivity (Wildman–Crippen MR) is 69.9 cm³/mol. The summed E-state index contributed by atoms with van der Waals surface area (Å²) in [6.07, 6.45) is 2.86. The molecule has 0 saturated carbocycles. The Kier molecular flexibility index (Phi) is 4.61. The van der Waals surface area contributed by atoms with Crippen LogP contribution in [0.4, 0.5) is 0 Å². The summed E-state index contributed by atoms with van der Waals surface area (Å²) in [4.78, 5) is 24.8. The fourth-order valence-electron chi connectivity index (χ4n) is 1.94. The van der Waals surface area contributed by atoms with E-state index in [1.54, 1.807) is 0 Å². The van der Waals surface area contributed by atoms with Crippen LogP contribution in [0.15, 0.2) is 21.9 Å². The molecular formula is C13H16N2O5. The third kappa shape index (κ3) is 3.29. The molecule has 2 rings (SSSR count). The highest BCUT2D eigenvalue weighted by Crippen LogP contribution is 2.27. The van der Waals surface area contributed by atoms with Gasteiger partial charge in [0.2, 0.25) is 0 Å². The number of nitrogens with zero attached hydrogens (tertiary/aromatic N) is 1. The monoisotopic (exact) mass is 280 g/mol. The van der Waals surface area contributed by atoms with E-state index in [4.69, 9.17) is 9.47 Å². The lowest BCUT2D eigenvalue weighted by atomic mass is 10.2. The number of hydrogen-bond acceptors (Lipinski definition) is 5. The third-order valence-electron chi connectivity index (χ3n) is 2.93. The molecule has 0 spiro atoms. The van der Waals surface area contributed by atoms with Crippen LogP contribution in [0.2, 0.25) is 0 Å². The first-order valence-corrected chi connectivity index (χ1v) is 6.36. The SMILES string of the molecule is CCC#COC[C@H]1O[C@@H](n2ccc(=O)[nH]c2=O)C[C@@H]1O. The molecular weight excluding hydrogens is 264 g/mol. The van der Waals surface area contributed by atoms with E-state index >= 15 is 0 Å². The number of hydrogen-bond donors (Lipinski definition) is 2. The second-order valence-corrected chi connectivity index (χ2v) is 4.39. The van der Waals surface area contributed by atoms with E-state index in [0.29, 0.717) is 6.42 Å². The summed E-state index contributed by atoms with van der Waals surface area (Å²) in [5.74, 6) is 2.74. The van der Waals surface area contributed by atoms with Crippen molar-refractivity contribution < 1.29 is 14.6 Å². The molecule has 1 fully saturated rings. The van der Waals surface area contributed by atoms with Crippen molar-refractivity contribution in [2.75, 3.05) is 6.61 Å². The van der Waals surface area contributed by atoms with Crippen LogP contribution in [0.1, 0.15) is 26.0 Å². The van der Waals surface area contributed by atoms with Gasteiger partial charge in [-0.15, -0.1) is 0 Å². The fraction of sp³-hybridized carbons (Fsp3) is 0.538. The Morgan fingerprint density at radius 1 is 1.60 bits per heavy atom. The van der Waals surface area contributed by atoms with Crippen LogP contribution in [0.5, 0.6) is 0 Å². The molecule has 7 nitrogen and oxygen atoms in total. The highest BCUT2D eigenvalue weighted by molar-refractivity contribution is 4.91. The Hall–Kier alpha value is -2.04. The molecule has 7 heteroatoms. The minimum absolute atomic E-state index is 0.128. The lowest BCUT2D eigenvalue weighted by Crippen LogP contribution is -2.31. The predicted octanol–water partition coefficient (Wildman–Crippen LogP) is -0.428. The molecule has 0 radical (unpaired) electrons. The Balaban J connectivity index is 2.02. The van der Waals surface area contributed by atoms with Gasteiger partial charge in [-0.25, -0.2) is 4.79 Å². The van der Waals surface area contributed by atoms with Crippen LogP contribution >= 0.6 is 0 Å². The van der Waals surface area contributed by atoms with Gasteiger partial charge in [-0.1, -0.05) is 12.8 Å². The van der Waals surface area contributed by atoms with Crippen molar-refractivity contribution in [3.63, 3.8) is 0 Å². The molecule has 0 aromatic carbocycles. The van der Waals surface area contributed by atoms with E-state index in [2.05, 4.69) is 17.0 Å². The number of rotatable bonds is 3. The van der Waals surface area contributed by atoms with Gasteiger partial charge in [0.05, 0.1) is 6.10 Å². The molecule has 2 heterocycles. The quantitative estimate of drug-likeness (QED) is 0.733. The van der Waals surface area contributed by atoms with Crippen molar-refractivity contribution >= 4 is 0 Å². The zero-order valence-electron chi connectivity index (χ0n) is 11.0. The van der Waals surface area contributed by atoms with Crippen molar-refractivity contribution in [2.45, 2.75) is 38.2 Å². The first-order valence-electron chi connectivity index (χ1n) is 6.36. The highest BCUT2D eigenvalue weighted by Gasteiger charge is 2.35. The van der Waals surface area contributed by atoms with Crippen LogP contribution in [0.25, 0.3) is 0 Å². The number of ether oxygens (including phenoxy) is 2. The molecule has 108 valence electrons. The number of aromatic amines is 1. The molecule has 3 atom stereocenters. The van der Waals surface area contributed by atoms with Gasteiger partial charge in [-0.3, -0.25) is 14.3 Å². The Labute approximate surface area is 115 Å². The van der Waals surface area contributed by atoms with Gasteiger partial charge in [0.15, 0.2) is 0 Å². The second-order valence-electron chi connectivity index (χ2n) is 4.39. The minimum Gasteiger partial charge on any atom is -0.444 e. The van der Waals surface area contributed by atoms with Gasteiger partial charge in [0.1, 0.15) is 25.0 Å². The number of aromatic nitrogens is 2. The molecule has 1 aliphatic rings. The molecule has 2 N–H and O–H groups in total. The molecule has 0 amide bonds. The molecule has 1 saturated heterocycles. The molecule has 0 bridgehead atoms. The standard InChI is InChI=1S/C13H16N2O5/c1-2-3-6-19-8-10-9(16)7-12(20-10)15-5-4-11(17)14-13(15)18/h4-5,9-10,12,16H,2,7-8H2,1H3,(H,14,17,18)/t9-,10+,12+/m0/s1. The minimum atomic E-state index is -0.748. The Morgan fingerprint density at radius 3 is 3.10 bits per heavy atom. The summed E-state index contributed by atoms with van der Waals surface area (Å²) in [7, 11) is 0. The van der Waals surface area contributed by atoms with Crippen molar-refractivity contribution in [1.82, 2.24) is 9.55 Å². The van der Waals surface area contributed by atoms with Crippen molar-refractivity contribution in [3.8, 4) is 12.0 Å². The Bertz CT molecular complexity index is 624. The fourth-order valence-corrected chi connectivity index (χ4v) is 1.94. The summed E-state index contributed by atoms with van der Waals surface area (Å²) in [6, 6.07) is 1.23. The van der Waals surface area contributed by atoms with Gasteiger partial charge in [-0.05, 0) is 0 Å². The van der Waals surface area contributed by atoms with E-state index in [-0.39, 0.29) is 13.0 Å². The van der Waals surface area contributed by atoms with Crippen LogP contribution < -0.4 is 11.2 Å². The smallest absolute Gasteiger partial charge is 0.330 e. The summed E-state index contributed by atoms with van der Waals surface area (Å²) in [5.41, 5.74) is -1.04. The van der Waals surface area contributed by atoms with Crippen LogP contribution in [-0.2, 0) is 9.47 Å². The molecule has 1 aliphatic heterocycles. The lowest BCUT2D eigenvalue weighted by molar-refractivity contribution is -0.0458. The molecule has 1 aromatic heterocycles. The molecule has 20 heavy (non-hydrogen) atoms.